The minimum Gasteiger partial charge on any atom is -0.388 e. The molecule has 0 amide bonds. The third kappa shape index (κ3) is 2.57. The van der Waals surface area contributed by atoms with Crippen LogP contribution < -0.4 is 0 Å². The number of aliphatic hydroxyl groups is 1. The third-order valence-electron chi connectivity index (χ3n) is 4.78. The van der Waals surface area contributed by atoms with Gasteiger partial charge in [-0.1, -0.05) is 37.8 Å². The maximum Gasteiger partial charge on any atom is 0.0839 e. The summed E-state index contributed by atoms with van der Waals surface area (Å²) in [7, 11) is 0. The van der Waals surface area contributed by atoms with E-state index in [0.29, 0.717) is 10.9 Å². The molecule has 1 aromatic heterocycles. The van der Waals surface area contributed by atoms with Crippen molar-refractivity contribution in [2.24, 2.45) is 11.8 Å². The standard InChI is InChI=1S/C16H21ClN2O/c1-2-10-3-5-11(6-4-10)16(20)14-8-13(17)7-12-9-18-19-15(12)14/h7-11,16,20H,2-6H2,1H3,(H,18,19). The van der Waals surface area contributed by atoms with E-state index in [9.17, 15) is 5.11 Å². The molecule has 108 valence electrons. The first-order valence-electron chi connectivity index (χ1n) is 7.49. The number of rotatable bonds is 3. The number of nitrogens with one attached hydrogen (secondary N) is 1. The molecule has 20 heavy (non-hydrogen) atoms. The molecule has 0 bridgehead atoms. The summed E-state index contributed by atoms with van der Waals surface area (Å²) < 4.78 is 0. The smallest absolute Gasteiger partial charge is 0.0839 e. The highest BCUT2D eigenvalue weighted by molar-refractivity contribution is 6.31. The van der Waals surface area contributed by atoms with E-state index in [2.05, 4.69) is 17.1 Å². The fraction of sp³-hybridized carbons (Fsp3) is 0.562. The van der Waals surface area contributed by atoms with Crippen LogP contribution in [0.3, 0.4) is 0 Å². The molecule has 1 heterocycles. The van der Waals surface area contributed by atoms with Crippen LogP contribution in [0, 0.1) is 11.8 Å². The largest absolute Gasteiger partial charge is 0.388 e. The van der Waals surface area contributed by atoms with E-state index in [-0.39, 0.29) is 0 Å². The summed E-state index contributed by atoms with van der Waals surface area (Å²) in [6.07, 6.45) is 7.21. The lowest BCUT2D eigenvalue weighted by molar-refractivity contribution is 0.0739. The maximum atomic E-state index is 10.7. The second-order valence-electron chi connectivity index (χ2n) is 5.96. The maximum absolute atomic E-state index is 10.7. The second kappa shape index (κ2) is 5.74. The Morgan fingerprint density at radius 2 is 2.10 bits per heavy atom. The number of benzene rings is 1. The highest BCUT2D eigenvalue weighted by Gasteiger charge is 2.28. The van der Waals surface area contributed by atoms with Crippen LogP contribution in [-0.4, -0.2) is 15.3 Å². The summed E-state index contributed by atoms with van der Waals surface area (Å²) in [5.74, 6) is 1.17. The fourth-order valence-corrected chi connectivity index (χ4v) is 3.68. The van der Waals surface area contributed by atoms with Crippen LogP contribution >= 0.6 is 11.6 Å². The molecular weight excluding hydrogens is 272 g/mol. The summed E-state index contributed by atoms with van der Waals surface area (Å²) in [6.45, 7) is 2.26. The van der Waals surface area contributed by atoms with Gasteiger partial charge < -0.3 is 5.11 Å². The Labute approximate surface area is 124 Å². The van der Waals surface area contributed by atoms with Crippen molar-refractivity contribution in [1.29, 1.82) is 0 Å². The fourth-order valence-electron chi connectivity index (χ4n) is 3.45. The van der Waals surface area contributed by atoms with Gasteiger partial charge in [0.2, 0.25) is 0 Å². The minimum atomic E-state index is -0.450. The highest BCUT2D eigenvalue weighted by atomic mass is 35.5. The molecular formula is C16H21ClN2O. The van der Waals surface area contributed by atoms with Crippen LogP contribution in [-0.2, 0) is 0 Å². The van der Waals surface area contributed by atoms with Crippen LogP contribution in [0.4, 0.5) is 0 Å². The highest BCUT2D eigenvalue weighted by Crippen LogP contribution is 2.40. The number of hydrogen-bond donors (Lipinski definition) is 2. The van der Waals surface area contributed by atoms with Gasteiger partial charge >= 0.3 is 0 Å². The summed E-state index contributed by atoms with van der Waals surface area (Å²) >= 11 is 6.16. The molecule has 3 rings (SSSR count). The van der Waals surface area contributed by atoms with Crippen molar-refractivity contribution < 1.29 is 5.11 Å². The van der Waals surface area contributed by atoms with E-state index >= 15 is 0 Å². The molecule has 3 nitrogen and oxygen atoms in total. The van der Waals surface area contributed by atoms with Crippen molar-refractivity contribution in [3.05, 3.63) is 28.9 Å². The second-order valence-corrected chi connectivity index (χ2v) is 6.40. The molecule has 4 heteroatoms. The van der Waals surface area contributed by atoms with Crippen molar-refractivity contribution in [3.63, 3.8) is 0 Å². The van der Waals surface area contributed by atoms with Gasteiger partial charge in [-0.15, -0.1) is 0 Å². The van der Waals surface area contributed by atoms with Crippen molar-refractivity contribution in [3.8, 4) is 0 Å². The number of halogens is 1. The monoisotopic (exact) mass is 292 g/mol. The van der Waals surface area contributed by atoms with E-state index in [1.54, 1.807) is 6.20 Å². The molecule has 1 aliphatic rings. The van der Waals surface area contributed by atoms with Gasteiger partial charge in [0.25, 0.3) is 0 Å². The van der Waals surface area contributed by atoms with Gasteiger partial charge in [-0.2, -0.15) is 5.10 Å². The van der Waals surface area contributed by atoms with E-state index in [1.807, 2.05) is 12.1 Å². The molecule has 1 aromatic carbocycles. The van der Waals surface area contributed by atoms with Gasteiger partial charge in [-0.3, -0.25) is 5.10 Å². The summed E-state index contributed by atoms with van der Waals surface area (Å²) in [6, 6.07) is 3.75. The third-order valence-corrected chi connectivity index (χ3v) is 5.00. The van der Waals surface area contributed by atoms with E-state index < -0.39 is 6.10 Å². The molecule has 2 aromatic rings. The van der Waals surface area contributed by atoms with Gasteiger partial charge in [-0.25, -0.2) is 0 Å². The molecule has 0 spiro atoms. The van der Waals surface area contributed by atoms with Gasteiger partial charge in [0.05, 0.1) is 17.8 Å². The number of aliphatic hydroxyl groups excluding tert-OH is 1. The molecule has 1 fully saturated rings. The predicted octanol–water partition coefficient (Wildman–Crippen LogP) is 4.47. The number of nitrogens with zero attached hydrogens (tertiary/aromatic N) is 1. The van der Waals surface area contributed by atoms with Gasteiger partial charge in [0.15, 0.2) is 0 Å². The van der Waals surface area contributed by atoms with Crippen LogP contribution in [0.2, 0.25) is 5.02 Å². The quantitative estimate of drug-likeness (QED) is 0.877. The average molecular weight is 293 g/mol. The first kappa shape index (κ1) is 13.9. The summed E-state index contributed by atoms with van der Waals surface area (Å²) in [5.41, 5.74) is 1.81. The van der Waals surface area contributed by atoms with Gasteiger partial charge in [0.1, 0.15) is 0 Å². The SMILES string of the molecule is CCC1CCC(C(O)c2cc(Cl)cc3cn[nH]c23)CC1. The molecule has 2 N–H and O–H groups in total. The van der Waals surface area contributed by atoms with Gasteiger partial charge in [0, 0.05) is 16.0 Å². The lowest BCUT2D eigenvalue weighted by atomic mass is 9.77. The Kier molecular flexibility index (Phi) is 3.99. The average Bonchev–Trinajstić information content (AvgIpc) is 2.94. The first-order valence-corrected chi connectivity index (χ1v) is 7.87. The molecule has 1 unspecified atom stereocenters. The lowest BCUT2D eigenvalue weighted by Crippen LogP contribution is -2.20. The van der Waals surface area contributed by atoms with Crippen LogP contribution in [0.5, 0.6) is 0 Å². The van der Waals surface area contributed by atoms with Crippen LogP contribution in [0.25, 0.3) is 10.9 Å². The Hall–Kier alpha value is -1.06. The van der Waals surface area contributed by atoms with E-state index in [1.165, 1.54) is 19.3 Å². The summed E-state index contributed by atoms with van der Waals surface area (Å²) in [4.78, 5) is 0. The van der Waals surface area contributed by atoms with Crippen molar-refractivity contribution in [1.82, 2.24) is 10.2 Å². The van der Waals surface area contributed by atoms with Crippen molar-refractivity contribution in [2.75, 3.05) is 0 Å². The Morgan fingerprint density at radius 1 is 1.35 bits per heavy atom. The van der Waals surface area contributed by atoms with E-state index in [4.69, 9.17) is 11.6 Å². The number of aromatic nitrogens is 2. The normalized spacial score (nSPS) is 24.9. The molecule has 0 radical (unpaired) electrons. The zero-order chi connectivity index (χ0) is 14.1. The Morgan fingerprint density at radius 3 is 2.80 bits per heavy atom. The van der Waals surface area contributed by atoms with Crippen molar-refractivity contribution in [2.45, 2.75) is 45.1 Å². The van der Waals surface area contributed by atoms with Crippen LogP contribution in [0.15, 0.2) is 18.3 Å². The molecule has 0 saturated heterocycles. The minimum absolute atomic E-state index is 0.336. The zero-order valence-corrected chi connectivity index (χ0v) is 12.5. The van der Waals surface area contributed by atoms with Crippen molar-refractivity contribution >= 4 is 22.5 Å². The molecule has 1 atom stereocenters. The van der Waals surface area contributed by atoms with E-state index in [0.717, 1.165) is 35.2 Å². The number of aromatic amines is 1. The van der Waals surface area contributed by atoms with Gasteiger partial charge in [-0.05, 0) is 36.8 Å². The number of hydrogen-bond acceptors (Lipinski definition) is 2. The molecule has 1 aliphatic carbocycles. The number of fused-ring (bicyclic) bond motifs is 1. The van der Waals surface area contributed by atoms with Crippen LogP contribution in [0.1, 0.15) is 50.7 Å². The topological polar surface area (TPSA) is 48.9 Å². The first-order chi connectivity index (χ1) is 9.69. The lowest BCUT2D eigenvalue weighted by Gasteiger charge is -2.31. The molecule has 1 saturated carbocycles. The summed E-state index contributed by atoms with van der Waals surface area (Å²) in [5, 5.41) is 19.4. The number of H-pyrrole nitrogens is 1. The molecule has 0 aliphatic heterocycles. The Bertz CT molecular complexity index is 587. The zero-order valence-electron chi connectivity index (χ0n) is 11.8. The Balaban J connectivity index is 1.85. The predicted molar refractivity (Wildman–Crippen MR) is 81.8 cm³/mol.